The molecule has 0 aromatic carbocycles. The van der Waals surface area contributed by atoms with Crippen molar-refractivity contribution < 1.29 is 8.42 Å². The van der Waals surface area contributed by atoms with E-state index in [0.29, 0.717) is 0 Å². The standard InChI is InChI=1S/C6H12ClNO2S/c1-8(6-3-2-4-6)11(9,10)5-7/h6H,2-5H2,1H3. The van der Waals surface area contributed by atoms with Gasteiger partial charge in [0, 0.05) is 13.1 Å². The Kier molecular flexibility index (Phi) is 2.78. The van der Waals surface area contributed by atoms with Crippen LogP contribution in [0.2, 0.25) is 0 Å². The number of alkyl halides is 1. The number of nitrogens with zero attached hydrogens (tertiary/aromatic N) is 1. The molecule has 0 atom stereocenters. The van der Waals surface area contributed by atoms with Crippen molar-refractivity contribution in [3.8, 4) is 0 Å². The first kappa shape index (κ1) is 9.29. The maximum absolute atomic E-state index is 11.1. The molecule has 0 aromatic heterocycles. The van der Waals surface area contributed by atoms with Gasteiger partial charge in [-0.1, -0.05) is 6.42 Å². The molecule has 0 heterocycles. The van der Waals surface area contributed by atoms with Crippen LogP contribution < -0.4 is 0 Å². The first-order valence-corrected chi connectivity index (χ1v) is 5.74. The van der Waals surface area contributed by atoms with E-state index in [-0.39, 0.29) is 11.3 Å². The number of hydrogen-bond acceptors (Lipinski definition) is 2. The van der Waals surface area contributed by atoms with Crippen molar-refractivity contribution in [1.29, 1.82) is 0 Å². The second kappa shape index (κ2) is 3.29. The number of halogens is 1. The lowest BCUT2D eigenvalue weighted by Crippen LogP contribution is -2.41. The summed E-state index contributed by atoms with van der Waals surface area (Å²) in [6, 6.07) is 0.207. The van der Waals surface area contributed by atoms with Crippen LogP contribution in [-0.2, 0) is 10.0 Å². The second-order valence-electron chi connectivity index (χ2n) is 2.82. The van der Waals surface area contributed by atoms with Gasteiger partial charge >= 0.3 is 0 Å². The van der Waals surface area contributed by atoms with Gasteiger partial charge < -0.3 is 0 Å². The summed E-state index contributed by atoms with van der Waals surface area (Å²) in [5.41, 5.74) is 0. The fourth-order valence-electron chi connectivity index (χ4n) is 1.05. The highest BCUT2D eigenvalue weighted by Gasteiger charge is 2.29. The summed E-state index contributed by atoms with van der Waals surface area (Å²) in [4.78, 5) is 0. The normalized spacial score (nSPS) is 20.3. The molecule has 0 saturated heterocycles. The van der Waals surface area contributed by atoms with E-state index in [2.05, 4.69) is 0 Å². The third-order valence-corrected chi connectivity index (χ3v) is 4.44. The molecule has 0 spiro atoms. The van der Waals surface area contributed by atoms with Gasteiger partial charge in [-0.05, 0) is 12.8 Å². The molecule has 0 bridgehead atoms. The maximum atomic E-state index is 11.1. The van der Waals surface area contributed by atoms with Crippen LogP contribution in [0.15, 0.2) is 0 Å². The average molecular weight is 198 g/mol. The van der Waals surface area contributed by atoms with Crippen molar-refractivity contribution in [3.63, 3.8) is 0 Å². The Morgan fingerprint density at radius 2 is 2.09 bits per heavy atom. The fourth-order valence-corrected chi connectivity index (χ4v) is 2.34. The van der Waals surface area contributed by atoms with Gasteiger partial charge in [-0.3, -0.25) is 0 Å². The zero-order valence-electron chi connectivity index (χ0n) is 6.46. The van der Waals surface area contributed by atoms with Gasteiger partial charge in [0.1, 0.15) is 5.21 Å². The SMILES string of the molecule is CN(C1CCC1)S(=O)(=O)CCl. The minimum Gasteiger partial charge on any atom is -0.211 e. The van der Waals surface area contributed by atoms with Crippen LogP contribution in [0.1, 0.15) is 19.3 Å². The molecule has 11 heavy (non-hydrogen) atoms. The zero-order valence-corrected chi connectivity index (χ0v) is 8.03. The highest BCUT2D eigenvalue weighted by molar-refractivity contribution is 7.90. The predicted molar refractivity (Wildman–Crippen MR) is 45.0 cm³/mol. The van der Waals surface area contributed by atoms with Crippen molar-refractivity contribution in [3.05, 3.63) is 0 Å². The molecule has 5 heteroatoms. The molecule has 1 saturated carbocycles. The molecule has 1 aliphatic rings. The van der Waals surface area contributed by atoms with E-state index in [1.54, 1.807) is 7.05 Å². The van der Waals surface area contributed by atoms with E-state index in [4.69, 9.17) is 11.6 Å². The predicted octanol–water partition coefficient (Wildman–Crippen LogP) is 0.997. The minimum atomic E-state index is -3.16. The highest BCUT2D eigenvalue weighted by atomic mass is 35.5. The molecule has 1 rings (SSSR count). The van der Waals surface area contributed by atoms with Gasteiger partial charge in [-0.25, -0.2) is 12.7 Å². The zero-order chi connectivity index (χ0) is 8.48. The Hall–Kier alpha value is 0.200. The number of hydrogen-bond donors (Lipinski definition) is 0. The lowest BCUT2D eigenvalue weighted by atomic mass is 9.94. The van der Waals surface area contributed by atoms with Crippen LogP contribution in [0, 0.1) is 0 Å². The van der Waals surface area contributed by atoms with E-state index in [1.807, 2.05) is 0 Å². The van der Waals surface area contributed by atoms with Crippen LogP contribution in [-0.4, -0.2) is 31.0 Å². The van der Waals surface area contributed by atoms with E-state index in [0.717, 1.165) is 19.3 Å². The molecule has 0 unspecified atom stereocenters. The van der Waals surface area contributed by atoms with Crippen LogP contribution >= 0.6 is 11.6 Å². The Morgan fingerprint density at radius 3 is 2.36 bits per heavy atom. The summed E-state index contributed by atoms with van der Waals surface area (Å²) in [5, 5.41) is -0.306. The van der Waals surface area contributed by atoms with Crippen molar-refractivity contribution in [2.45, 2.75) is 25.3 Å². The average Bonchev–Trinajstić information content (AvgIpc) is 1.84. The van der Waals surface area contributed by atoms with Crippen LogP contribution in [0.4, 0.5) is 0 Å². The van der Waals surface area contributed by atoms with Gasteiger partial charge in [0.2, 0.25) is 10.0 Å². The van der Waals surface area contributed by atoms with E-state index >= 15 is 0 Å². The Bertz CT molecular complexity index is 223. The minimum absolute atomic E-state index is 0.207. The van der Waals surface area contributed by atoms with Gasteiger partial charge in [-0.2, -0.15) is 0 Å². The lowest BCUT2D eigenvalue weighted by molar-refractivity contribution is 0.250. The summed E-state index contributed by atoms with van der Waals surface area (Å²) in [6.07, 6.45) is 3.09. The van der Waals surface area contributed by atoms with Crippen molar-refractivity contribution in [2.75, 3.05) is 12.3 Å². The fraction of sp³-hybridized carbons (Fsp3) is 1.00. The number of rotatable bonds is 3. The summed E-state index contributed by atoms with van der Waals surface area (Å²) in [5.74, 6) is 0. The quantitative estimate of drug-likeness (QED) is 0.633. The van der Waals surface area contributed by atoms with Crippen molar-refractivity contribution >= 4 is 21.6 Å². The summed E-state index contributed by atoms with van der Waals surface area (Å²) in [7, 11) is -1.56. The summed E-state index contributed by atoms with van der Waals surface area (Å²) < 4.78 is 23.6. The third kappa shape index (κ3) is 1.86. The summed E-state index contributed by atoms with van der Waals surface area (Å²) >= 11 is 5.28. The van der Waals surface area contributed by atoms with Crippen molar-refractivity contribution in [1.82, 2.24) is 4.31 Å². The third-order valence-electron chi connectivity index (χ3n) is 2.17. The van der Waals surface area contributed by atoms with Crippen LogP contribution in [0.3, 0.4) is 0 Å². The van der Waals surface area contributed by atoms with Crippen LogP contribution in [0.5, 0.6) is 0 Å². The second-order valence-corrected chi connectivity index (χ2v) is 5.43. The Morgan fingerprint density at radius 1 is 1.55 bits per heavy atom. The first-order valence-electron chi connectivity index (χ1n) is 3.59. The molecule has 3 nitrogen and oxygen atoms in total. The van der Waals surface area contributed by atoms with E-state index in [1.165, 1.54) is 4.31 Å². The maximum Gasteiger partial charge on any atom is 0.228 e. The highest BCUT2D eigenvalue weighted by Crippen LogP contribution is 2.25. The molecule has 1 fully saturated rings. The van der Waals surface area contributed by atoms with Crippen molar-refractivity contribution in [2.24, 2.45) is 0 Å². The molecule has 0 N–H and O–H groups in total. The molecule has 0 radical (unpaired) electrons. The number of sulfonamides is 1. The summed E-state index contributed by atoms with van der Waals surface area (Å²) in [6.45, 7) is 0. The van der Waals surface area contributed by atoms with Gasteiger partial charge in [0.05, 0.1) is 0 Å². The molecule has 1 aliphatic carbocycles. The molecular formula is C6H12ClNO2S. The van der Waals surface area contributed by atoms with Gasteiger partial charge in [-0.15, -0.1) is 11.6 Å². The van der Waals surface area contributed by atoms with E-state index < -0.39 is 10.0 Å². The van der Waals surface area contributed by atoms with E-state index in [9.17, 15) is 8.42 Å². The van der Waals surface area contributed by atoms with Gasteiger partial charge in [0.25, 0.3) is 0 Å². The first-order chi connectivity index (χ1) is 5.08. The van der Waals surface area contributed by atoms with Gasteiger partial charge in [0.15, 0.2) is 0 Å². The topological polar surface area (TPSA) is 37.4 Å². The smallest absolute Gasteiger partial charge is 0.211 e. The largest absolute Gasteiger partial charge is 0.228 e. The molecule has 0 aliphatic heterocycles. The molecule has 0 aromatic rings. The Labute approximate surface area is 72.4 Å². The molecule has 0 amide bonds. The lowest BCUT2D eigenvalue weighted by Gasteiger charge is -2.33. The molecular weight excluding hydrogens is 186 g/mol. The van der Waals surface area contributed by atoms with Crippen LogP contribution in [0.25, 0.3) is 0 Å². The monoisotopic (exact) mass is 197 g/mol. The Balaban J connectivity index is 2.59. The molecule has 66 valence electrons.